The Labute approximate surface area is 154 Å². The molecule has 0 unspecified atom stereocenters. The van der Waals surface area contributed by atoms with Crippen molar-refractivity contribution in [3.05, 3.63) is 52.8 Å². The van der Waals surface area contributed by atoms with Crippen LogP contribution in [0.15, 0.2) is 30.3 Å². The molecule has 1 aliphatic heterocycles. The minimum absolute atomic E-state index is 0.111. The molecule has 2 heterocycles. The van der Waals surface area contributed by atoms with E-state index in [0.717, 1.165) is 23.2 Å². The number of nitrogen functional groups attached to an aromatic ring is 1. The summed E-state index contributed by atoms with van der Waals surface area (Å²) >= 11 is 0. The van der Waals surface area contributed by atoms with Gasteiger partial charge in [-0.25, -0.2) is 9.97 Å². The highest BCUT2D eigenvalue weighted by molar-refractivity contribution is 5.93. The van der Waals surface area contributed by atoms with Crippen LogP contribution in [0.1, 0.15) is 47.6 Å². The Hall–Kier alpha value is -2.47. The van der Waals surface area contributed by atoms with Crippen molar-refractivity contribution in [2.45, 2.75) is 39.2 Å². The van der Waals surface area contributed by atoms with Gasteiger partial charge in [0, 0.05) is 12.2 Å². The molecular weight excluding hydrogens is 328 g/mol. The number of anilines is 1. The topological polar surface area (TPSA) is 92.3 Å². The van der Waals surface area contributed by atoms with Crippen molar-refractivity contribution in [3.63, 3.8) is 0 Å². The molecule has 2 aromatic rings. The lowest BCUT2D eigenvalue weighted by Crippen LogP contribution is -2.35. The van der Waals surface area contributed by atoms with Crippen LogP contribution in [0.2, 0.25) is 0 Å². The van der Waals surface area contributed by atoms with E-state index in [1.165, 1.54) is 0 Å². The van der Waals surface area contributed by atoms with Crippen LogP contribution < -0.4 is 5.73 Å². The van der Waals surface area contributed by atoms with Gasteiger partial charge in [0.1, 0.15) is 11.3 Å². The van der Waals surface area contributed by atoms with Gasteiger partial charge in [-0.15, -0.1) is 0 Å². The van der Waals surface area contributed by atoms with Crippen LogP contribution >= 0.6 is 0 Å². The van der Waals surface area contributed by atoms with Crippen molar-refractivity contribution >= 4 is 11.9 Å². The quantitative estimate of drug-likeness (QED) is 0.879. The molecule has 3 rings (SSSR count). The van der Waals surface area contributed by atoms with E-state index >= 15 is 0 Å². The average molecular weight is 354 g/mol. The molecule has 0 spiro atoms. The highest BCUT2D eigenvalue weighted by Gasteiger charge is 2.40. The van der Waals surface area contributed by atoms with Gasteiger partial charge in [0.05, 0.1) is 6.54 Å². The van der Waals surface area contributed by atoms with Gasteiger partial charge in [-0.1, -0.05) is 38.1 Å². The summed E-state index contributed by atoms with van der Waals surface area (Å²) in [7, 11) is 0. The molecule has 1 fully saturated rings. The zero-order valence-corrected chi connectivity index (χ0v) is 15.6. The first-order valence-electron chi connectivity index (χ1n) is 9.00. The van der Waals surface area contributed by atoms with Gasteiger partial charge in [0.25, 0.3) is 5.91 Å². The van der Waals surface area contributed by atoms with Gasteiger partial charge in [-0.2, -0.15) is 0 Å². The second-order valence-electron chi connectivity index (χ2n) is 7.52. The molecule has 6 heteroatoms. The molecule has 0 saturated carbocycles. The summed E-state index contributed by atoms with van der Waals surface area (Å²) in [6.07, 6.45) is 1.24. The molecule has 1 saturated heterocycles. The van der Waals surface area contributed by atoms with Gasteiger partial charge in [-0.05, 0) is 42.9 Å². The number of β-amino-alcohol motifs (C(OH)–C–C–N with tert-alkyl or cyclic N) is 1. The van der Waals surface area contributed by atoms with E-state index in [1.54, 1.807) is 11.0 Å². The highest BCUT2D eigenvalue weighted by atomic mass is 16.3. The number of rotatable bonds is 4. The van der Waals surface area contributed by atoms with Crippen LogP contribution in [0.4, 0.5) is 5.95 Å². The van der Waals surface area contributed by atoms with E-state index in [-0.39, 0.29) is 18.4 Å². The molecule has 1 aliphatic rings. The number of aliphatic hydroxyl groups is 1. The number of amides is 1. The van der Waals surface area contributed by atoms with Crippen LogP contribution in [-0.2, 0) is 12.0 Å². The maximum atomic E-state index is 12.9. The van der Waals surface area contributed by atoms with E-state index < -0.39 is 5.60 Å². The number of aromatic nitrogens is 2. The van der Waals surface area contributed by atoms with E-state index in [2.05, 4.69) is 23.8 Å². The van der Waals surface area contributed by atoms with Crippen LogP contribution in [0.5, 0.6) is 0 Å². The first-order chi connectivity index (χ1) is 12.3. The molecule has 6 nitrogen and oxygen atoms in total. The van der Waals surface area contributed by atoms with Gasteiger partial charge < -0.3 is 15.7 Å². The summed E-state index contributed by atoms with van der Waals surface area (Å²) in [4.78, 5) is 22.9. The zero-order chi connectivity index (χ0) is 18.9. The highest BCUT2D eigenvalue weighted by Crippen LogP contribution is 2.34. The Morgan fingerprint density at radius 2 is 2.08 bits per heavy atom. The first kappa shape index (κ1) is 18.3. The second kappa shape index (κ2) is 7.03. The third-order valence-corrected chi connectivity index (χ3v) is 4.81. The Morgan fingerprint density at radius 3 is 2.77 bits per heavy atom. The molecule has 138 valence electrons. The van der Waals surface area contributed by atoms with Gasteiger partial charge in [0.2, 0.25) is 5.95 Å². The lowest BCUT2D eigenvalue weighted by molar-refractivity contribution is 0.0410. The van der Waals surface area contributed by atoms with Crippen LogP contribution in [-0.4, -0.2) is 39.0 Å². The summed E-state index contributed by atoms with van der Waals surface area (Å²) < 4.78 is 0. The predicted octanol–water partition coefficient (Wildman–Crippen LogP) is 2.30. The third kappa shape index (κ3) is 3.70. The standard InChI is InChI=1S/C20H26N4O2/c1-13(2)10-15-11-17(23-19(21)22-15)18(25)24-9-8-20(26,12-24)16-7-5-4-6-14(16)3/h4-7,11,13,26H,8-10,12H2,1-3H3,(H2,21,22,23)/t20-/m0/s1. The summed E-state index contributed by atoms with van der Waals surface area (Å²) in [6.45, 7) is 6.87. The lowest BCUT2D eigenvalue weighted by Gasteiger charge is -2.25. The van der Waals surface area contributed by atoms with Crippen molar-refractivity contribution in [2.75, 3.05) is 18.8 Å². The van der Waals surface area contributed by atoms with Crippen LogP contribution in [0.3, 0.4) is 0 Å². The maximum Gasteiger partial charge on any atom is 0.272 e. The summed E-state index contributed by atoms with van der Waals surface area (Å²) in [5, 5.41) is 11.1. The van der Waals surface area contributed by atoms with Crippen LogP contribution in [0, 0.1) is 12.8 Å². The fraction of sp³-hybridized carbons (Fsp3) is 0.450. The van der Waals surface area contributed by atoms with E-state index in [0.29, 0.717) is 24.6 Å². The molecule has 1 aromatic carbocycles. The maximum absolute atomic E-state index is 12.9. The monoisotopic (exact) mass is 354 g/mol. The van der Waals surface area contributed by atoms with Gasteiger partial charge >= 0.3 is 0 Å². The number of nitrogens with zero attached hydrogens (tertiary/aromatic N) is 3. The van der Waals surface area contributed by atoms with E-state index in [9.17, 15) is 9.90 Å². The van der Waals surface area contributed by atoms with Crippen LogP contribution in [0.25, 0.3) is 0 Å². The number of aryl methyl sites for hydroxylation is 1. The lowest BCUT2D eigenvalue weighted by atomic mass is 9.89. The molecule has 1 atom stereocenters. The molecule has 1 aromatic heterocycles. The smallest absolute Gasteiger partial charge is 0.272 e. The minimum atomic E-state index is -1.03. The fourth-order valence-corrected chi connectivity index (χ4v) is 3.59. The number of carbonyl (C=O) groups is 1. The Kier molecular flexibility index (Phi) is 4.96. The number of likely N-dealkylation sites (tertiary alicyclic amines) is 1. The Bertz CT molecular complexity index is 821. The van der Waals surface area contributed by atoms with Crippen molar-refractivity contribution in [2.24, 2.45) is 5.92 Å². The van der Waals surface area contributed by atoms with Gasteiger partial charge in [0.15, 0.2) is 0 Å². The average Bonchev–Trinajstić information content (AvgIpc) is 2.96. The Morgan fingerprint density at radius 1 is 1.35 bits per heavy atom. The summed E-state index contributed by atoms with van der Waals surface area (Å²) in [5.74, 6) is 0.304. The number of benzene rings is 1. The fourth-order valence-electron chi connectivity index (χ4n) is 3.59. The molecule has 0 radical (unpaired) electrons. The van der Waals surface area contributed by atoms with E-state index in [4.69, 9.17) is 5.73 Å². The molecular formula is C20H26N4O2. The summed E-state index contributed by atoms with van der Waals surface area (Å²) in [5.41, 5.74) is 7.72. The second-order valence-corrected chi connectivity index (χ2v) is 7.52. The van der Waals surface area contributed by atoms with Crippen molar-refractivity contribution in [1.82, 2.24) is 14.9 Å². The zero-order valence-electron chi connectivity index (χ0n) is 15.6. The normalized spacial score (nSPS) is 20.0. The Balaban J connectivity index is 1.82. The van der Waals surface area contributed by atoms with Crippen molar-refractivity contribution in [1.29, 1.82) is 0 Å². The van der Waals surface area contributed by atoms with Crippen molar-refractivity contribution in [3.8, 4) is 0 Å². The number of nitrogens with two attached hydrogens (primary N) is 1. The van der Waals surface area contributed by atoms with E-state index in [1.807, 2.05) is 31.2 Å². The number of carbonyl (C=O) groups excluding carboxylic acids is 1. The SMILES string of the molecule is Cc1ccccc1[C@]1(O)CCN(C(=O)c2cc(CC(C)C)nc(N)n2)C1. The number of hydrogen-bond donors (Lipinski definition) is 2. The largest absolute Gasteiger partial charge is 0.383 e. The first-order valence-corrected chi connectivity index (χ1v) is 9.00. The molecule has 0 bridgehead atoms. The predicted molar refractivity (Wildman–Crippen MR) is 101 cm³/mol. The summed E-state index contributed by atoms with van der Waals surface area (Å²) in [6, 6.07) is 9.46. The molecule has 1 amide bonds. The van der Waals surface area contributed by atoms with Crippen molar-refractivity contribution < 1.29 is 9.90 Å². The molecule has 3 N–H and O–H groups in total. The molecule has 0 aliphatic carbocycles. The van der Waals surface area contributed by atoms with Gasteiger partial charge in [-0.3, -0.25) is 4.79 Å². The molecule has 26 heavy (non-hydrogen) atoms. The minimum Gasteiger partial charge on any atom is -0.383 e. The third-order valence-electron chi connectivity index (χ3n) is 4.81. The number of hydrogen-bond acceptors (Lipinski definition) is 5.